The number of rotatable bonds is 4. The Bertz CT molecular complexity index is 252. The molecular weight excluding hydrogens is 162 g/mol. The van der Waals surface area contributed by atoms with Crippen molar-refractivity contribution in [2.24, 2.45) is 11.7 Å². The Morgan fingerprint density at radius 2 is 2.23 bits per heavy atom. The first kappa shape index (κ1) is 10.3. The third-order valence-corrected chi connectivity index (χ3v) is 2.41. The molecule has 0 saturated carbocycles. The molecule has 0 aliphatic rings. The average Bonchev–Trinajstić information content (AvgIpc) is 2.51. The van der Waals surface area contributed by atoms with Crippen LogP contribution in [0.3, 0.4) is 0 Å². The van der Waals surface area contributed by atoms with Crippen molar-refractivity contribution in [3.8, 4) is 0 Å². The van der Waals surface area contributed by atoms with E-state index in [-0.39, 0.29) is 6.04 Å². The molecule has 0 aromatic carbocycles. The minimum atomic E-state index is 0.238. The van der Waals surface area contributed by atoms with Gasteiger partial charge in [-0.05, 0) is 18.9 Å². The molecule has 0 radical (unpaired) electrons. The zero-order valence-electron chi connectivity index (χ0n) is 8.70. The predicted octanol–water partition coefficient (Wildman–Crippen LogP) is 1.43. The monoisotopic (exact) mass is 181 g/mol. The summed E-state index contributed by atoms with van der Waals surface area (Å²) < 4.78 is 2.00. The fourth-order valence-corrected chi connectivity index (χ4v) is 1.30. The van der Waals surface area contributed by atoms with Crippen molar-refractivity contribution >= 4 is 0 Å². The molecule has 1 unspecified atom stereocenters. The van der Waals surface area contributed by atoms with Gasteiger partial charge in [0.05, 0.1) is 0 Å². The van der Waals surface area contributed by atoms with Crippen LogP contribution in [0.1, 0.15) is 26.5 Å². The maximum Gasteiger partial charge on any atom is 0.0492 e. The van der Waals surface area contributed by atoms with E-state index in [2.05, 4.69) is 25.9 Å². The van der Waals surface area contributed by atoms with Crippen LogP contribution in [0.5, 0.6) is 0 Å². The first-order valence-electron chi connectivity index (χ1n) is 4.91. The quantitative estimate of drug-likeness (QED) is 0.763. The highest BCUT2D eigenvalue weighted by atomic mass is 15.3. The summed E-state index contributed by atoms with van der Waals surface area (Å²) >= 11 is 0. The van der Waals surface area contributed by atoms with Crippen molar-refractivity contribution < 1.29 is 0 Å². The molecule has 3 nitrogen and oxygen atoms in total. The zero-order valence-corrected chi connectivity index (χ0v) is 8.70. The van der Waals surface area contributed by atoms with Crippen LogP contribution in [-0.4, -0.2) is 15.8 Å². The molecule has 1 rings (SSSR count). The summed E-state index contributed by atoms with van der Waals surface area (Å²) in [6.07, 6.45) is 2.76. The molecule has 2 N–H and O–H groups in total. The molecule has 0 saturated heterocycles. The average molecular weight is 181 g/mol. The number of aromatic nitrogens is 2. The summed E-state index contributed by atoms with van der Waals surface area (Å²) in [6, 6.07) is 2.29. The third-order valence-electron chi connectivity index (χ3n) is 2.41. The van der Waals surface area contributed by atoms with E-state index in [1.54, 1.807) is 0 Å². The lowest BCUT2D eigenvalue weighted by Gasteiger charge is -2.15. The number of hydrogen-bond donors (Lipinski definition) is 1. The molecule has 0 spiro atoms. The van der Waals surface area contributed by atoms with Crippen molar-refractivity contribution in [3.63, 3.8) is 0 Å². The third kappa shape index (κ3) is 2.56. The molecule has 74 valence electrons. The molecule has 0 amide bonds. The van der Waals surface area contributed by atoms with Crippen LogP contribution in [0.15, 0.2) is 12.3 Å². The van der Waals surface area contributed by atoms with Gasteiger partial charge in [-0.3, -0.25) is 4.68 Å². The second-order valence-corrected chi connectivity index (χ2v) is 3.75. The van der Waals surface area contributed by atoms with E-state index in [4.69, 9.17) is 5.73 Å². The van der Waals surface area contributed by atoms with Gasteiger partial charge >= 0.3 is 0 Å². The van der Waals surface area contributed by atoms with Gasteiger partial charge in [-0.2, -0.15) is 5.10 Å². The summed E-state index contributed by atoms with van der Waals surface area (Å²) in [5, 5.41) is 4.21. The Hall–Kier alpha value is -0.830. The second-order valence-electron chi connectivity index (χ2n) is 3.75. The molecule has 0 fully saturated rings. The van der Waals surface area contributed by atoms with Crippen molar-refractivity contribution in [1.29, 1.82) is 0 Å². The van der Waals surface area contributed by atoms with Gasteiger partial charge < -0.3 is 5.73 Å². The highest BCUT2D eigenvalue weighted by Gasteiger charge is 2.10. The standard InChI is InChI=1S/C10H19N3/c1-4-13-9(5-6-12-13)7-10(11)8(2)3/h5-6,8,10H,4,7,11H2,1-3H3. The minimum absolute atomic E-state index is 0.238. The molecule has 1 aromatic rings. The first-order valence-corrected chi connectivity index (χ1v) is 4.91. The topological polar surface area (TPSA) is 43.8 Å². The lowest BCUT2D eigenvalue weighted by molar-refractivity contribution is 0.471. The van der Waals surface area contributed by atoms with Crippen LogP contribution < -0.4 is 5.73 Å². The fraction of sp³-hybridized carbons (Fsp3) is 0.700. The van der Waals surface area contributed by atoms with Crippen molar-refractivity contribution in [3.05, 3.63) is 18.0 Å². The van der Waals surface area contributed by atoms with E-state index in [1.807, 2.05) is 16.9 Å². The van der Waals surface area contributed by atoms with Gasteiger partial charge in [-0.1, -0.05) is 13.8 Å². The van der Waals surface area contributed by atoms with Crippen LogP contribution in [0, 0.1) is 5.92 Å². The van der Waals surface area contributed by atoms with Gasteiger partial charge in [-0.15, -0.1) is 0 Å². The number of aryl methyl sites for hydroxylation is 1. The molecule has 0 aliphatic carbocycles. The van der Waals surface area contributed by atoms with Gasteiger partial charge in [0.2, 0.25) is 0 Å². The lowest BCUT2D eigenvalue weighted by Crippen LogP contribution is -2.29. The first-order chi connectivity index (χ1) is 6.15. The zero-order chi connectivity index (χ0) is 9.84. The Balaban J connectivity index is 2.62. The number of nitrogens with zero attached hydrogens (tertiary/aromatic N) is 2. The normalized spacial score (nSPS) is 13.6. The second kappa shape index (κ2) is 4.42. The van der Waals surface area contributed by atoms with Gasteiger partial charge in [0.15, 0.2) is 0 Å². The number of nitrogens with two attached hydrogens (primary N) is 1. The van der Waals surface area contributed by atoms with E-state index in [0.29, 0.717) is 5.92 Å². The molecule has 1 atom stereocenters. The van der Waals surface area contributed by atoms with Crippen molar-refractivity contribution in [2.75, 3.05) is 0 Å². The Kier molecular flexibility index (Phi) is 3.48. The van der Waals surface area contributed by atoms with E-state index in [1.165, 1.54) is 5.69 Å². The van der Waals surface area contributed by atoms with Crippen LogP contribution in [0.2, 0.25) is 0 Å². The Morgan fingerprint density at radius 1 is 1.54 bits per heavy atom. The largest absolute Gasteiger partial charge is 0.327 e. The van der Waals surface area contributed by atoms with Crippen LogP contribution in [-0.2, 0) is 13.0 Å². The fourth-order valence-electron chi connectivity index (χ4n) is 1.30. The molecule has 1 aromatic heterocycles. The van der Waals surface area contributed by atoms with Gasteiger partial charge in [0.1, 0.15) is 0 Å². The molecule has 1 heterocycles. The molecule has 0 aliphatic heterocycles. The molecular formula is C10H19N3. The molecule has 0 bridgehead atoms. The van der Waals surface area contributed by atoms with E-state index >= 15 is 0 Å². The summed E-state index contributed by atoms with van der Waals surface area (Å²) in [4.78, 5) is 0. The Morgan fingerprint density at radius 3 is 2.77 bits per heavy atom. The van der Waals surface area contributed by atoms with Crippen molar-refractivity contribution in [1.82, 2.24) is 9.78 Å². The summed E-state index contributed by atoms with van der Waals surface area (Å²) in [7, 11) is 0. The van der Waals surface area contributed by atoms with Crippen molar-refractivity contribution in [2.45, 2.75) is 39.8 Å². The Labute approximate surface area is 79.9 Å². The van der Waals surface area contributed by atoms with E-state index in [9.17, 15) is 0 Å². The minimum Gasteiger partial charge on any atom is -0.327 e. The predicted molar refractivity (Wildman–Crippen MR) is 54.4 cm³/mol. The molecule has 13 heavy (non-hydrogen) atoms. The van der Waals surface area contributed by atoms with E-state index in [0.717, 1.165) is 13.0 Å². The van der Waals surface area contributed by atoms with Gasteiger partial charge in [-0.25, -0.2) is 0 Å². The molecule has 3 heteroatoms. The maximum absolute atomic E-state index is 5.99. The highest BCUT2D eigenvalue weighted by molar-refractivity contribution is 5.02. The van der Waals surface area contributed by atoms with Crippen LogP contribution in [0.4, 0.5) is 0 Å². The lowest BCUT2D eigenvalue weighted by atomic mass is 10.0. The SMILES string of the molecule is CCn1nccc1CC(N)C(C)C. The summed E-state index contributed by atoms with van der Waals surface area (Å²) in [6.45, 7) is 7.32. The maximum atomic E-state index is 5.99. The summed E-state index contributed by atoms with van der Waals surface area (Å²) in [5.74, 6) is 0.528. The van der Waals surface area contributed by atoms with Gasteiger partial charge in [0, 0.05) is 30.9 Å². The smallest absolute Gasteiger partial charge is 0.0492 e. The van der Waals surface area contributed by atoms with Crippen LogP contribution >= 0.6 is 0 Å². The summed E-state index contributed by atoms with van der Waals surface area (Å²) in [5.41, 5.74) is 7.23. The van der Waals surface area contributed by atoms with Gasteiger partial charge in [0.25, 0.3) is 0 Å². The number of hydrogen-bond acceptors (Lipinski definition) is 2. The van der Waals surface area contributed by atoms with E-state index < -0.39 is 0 Å². The van der Waals surface area contributed by atoms with Crippen LogP contribution in [0.25, 0.3) is 0 Å². The highest BCUT2D eigenvalue weighted by Crippen LogP contribution is 2.07.